The molecule has 0 aromatic heterocycles. The standard InChI is InChI=1S/C16H23NO2/c1-11-5-7-17(8-6-11)16(18)14-9-13(3)15(19-4)10-12(14)2/h9-11H,5-8H2,1-4H3. The number of amides is 1. The smallest absolute Gasteiger partial charge is 0.254 e. The van der Waals surface area contributed by atoms with Gasteiger partial charge in [0, 0.05) is 18.7 Å². The van der Waals surface area contributed by atoms with Gasteiger partial charge in [0.15, 0.2) is 0 Å². The minimum atomic E-state index is 0.162. The van der Waals surface area contributed by atoms with Gasteiger partial charge in [-0.15, -0.1) is 0 Å². The van der Waals surface area contributed by atoms with Crippen molar-refractivity contribution in [3.05, 3.63) is 28.8 Å². The number of carbonyl (C=O) groups excluding carboxylic acids is 1. The van der Waals surface area contributed by atoms with Crippen molar-refractivity contribution in [1.82, 2.24) is 4.90 Å². The molecule has 0 unspecified atom stereocenters. The van der Waals surface area contributed by atoms with Gasteiger partial charge in [-0.25, -0.2) is 0 Å². The van der Waals surface area contributed by atoms with Crippen LogP contribution in [0.25, 0.3) is 0 Å². The summed E-state index contributed by atoms with van der Waals surface area (Å²) in [7, 11) is 1.66. The van der Waals surface area contributed by atoms with E-state index >= 15 is 0 Å². The molecule has 0 spiro atoms. The zero-order chi connectivity index (χ0) is 14.0. The number of hydrogen-bond donors (Lipinski definition) is 0. The topological polar surface area (TPSA) is 29.5 Å². The molecule has 0 aliphatic carbocycles. The molecular formula is C16H23NO2. The average molecular weight is 261 g/mol. The van der Waals surface area contributed by atoms with Gasteiger partial charge >= 0.3 is 0 Å². The van der Waals surface area contributed by atoms with Crippen molar-refractivity contribution in [3.8, 4) is 5.75 Å². The van der Waals surface area contributed by atoms with Crippen molar-refractivity contribution < 1.29 is 9.53 Å². The number of benzene rings is 1. The van der Waals surface area contributed by atoms with Gasteiger partial charge in [0.2, 0.25) is 0 Å². The highest BCUT2D eigenvalue weighted by atomic mass is 16.5. The van der Waals surface area contributed by atoms with Crippen LogP contribution in [0.5, 0.6) is 5.75 Å². The summed E-state index contributed by atoms with van der Waals surface area (Å²) in [5.41, 5.74) is 2.82. The summed E-state index contributed by atoms with van der Waals surface area (Å²) < 4.78 is 5.30. The summed E-state index contributed by atoms with van der Waals surface area (Å²) in [6, 6.07) is 3.91. The molecule has 1 amide bonds. The Labute approximate surface area is 115 Å². The van der Waals surface area contributed by atoms with Gasteiger partial charge in [-0.3, -0.25) is 4.79 Å². The number of aryl methyl sites for hydroxylation is 2. The third-order valence-corrected chi connectivity index (χ3v) is 4.04. The quantitative estimate of drug-likeness (QED) is 0.818. The molecule has 1 aromatic carbocycles. The van der Waals surface area contributed by atoms with Crippen molar-refractivity contribution in [2.75, 3.05) is 20.2 Å². The SMILES string of the molecule is COc1cc(C)c(C(=O)N2CCC(C)CC2)cc1C. The van der Waals surface area contributed by atoms with Gasteiger partial charge in [0.05, 0.1) is 7.11 Å². The third-order valence-electron chi connectivity index (χ3n) is 4.04. The molecule has 0 radical (unpaired) electrons. The molecule has 1 aliphatic heterocycles. The molecule has 1 saturated heterocycles. The van der Waals surface area contributed by atoms with Gasteiger partial charge in [-0.05, 0) is 55.9 Å². The maximum Gasteiger partial charge on any atom is 0.254 e. The van der Waals surface area contributed by atoms with Crippen LogP contribution >= 0.6 is 0 Å². The first-order chi connectivity index (χ1) is 9.02. The van der Waals surface area contributed by atoms with Crippen LogP contribution in [0.4, 0.5) is 0 Å². The van der Waals surface area contributed by atoms with Crippen molar-refractivity contribution in [1.29, 1.82) is 0 Å². The van der Waals surface area contributed by atoms with E-state index in [1.807, 2.05) is 30.9 Å². The Morgan fingerprint density at radius 1 is 1.21 bits per heavy atom. The fourth-order valence-corrected chi connectivity index (χ4v) is 2.62. The molecule has 1 aromatic rings. The van der Waals surface area contributed by atoms with Gasteiger partial charge in [0.1, 0.15) is 5.75 Å². The zero-order valence-corrected chi connectivity index (χ0v) is 12.3. The first-order valence-electron chi connectivity index (χ1n) is 6.97. The Kier molecular flexibility index (Phi) is 4.13. The van der Waals surface area contributed by atoms with E-state index in [1.54, 1.807) is 7.11 Å². The van der Waals surface area contributed by atoms with E-state index in [1.165, 1.54) is 0 Å². The molecular weight excluding hydrogens is 238 g/mol. The lowest BCUT2D eigenvalue weighted by atomic mass is 9.97. The summed E-state index contributed by atoms with van der Waals surface area (Å²) >= 11 is 0. The van der Waals surface area contributed by atoms with Crippen LogP contribution in [0.2, 0.25) is 0 Å². The molecule has 1 heterocycles. The number of piperidine rings is 1. The minimum Gasteiger partial charge on any atom is -0.496 e. The monoisotopic (exact) mass is 261 g/mol. The van der Waals surface area contributed by atoms with E-state index in [9.17, 15) is 4.79 Å². The summed E-state index contributed by atoms with van der Waals surface area (Å²) in [5, 5.41) is 0. The van der Waals surface area contributed by atoms with E-state index in [-0.39, 0.29) is 5.91 Å². The highest BCUT2D eigenvalue weighted by Crippen LogP contribution is 2.25. The van der Waals surface area contributed by atoms with Crippen LogP contribution in [0.1, 0.15) is 41.3 Å². The third kappa shape index (κ3) is 2.91. The number of likely N-dealkylation sites (tertiary alicyclic amines) is 1. The van der Waals surface area contributed by atoms with Crippen LogP contribution in [0.3, 0.4) is 0 Å². The predicted octanol–water partition coefficient (Wildman–Crippen LogP) is 3.18. The Bertz CT molecular complexity index is 474. The minimum absolute atomic E-state index is 0.162. The molecule has 3 heteroatoms. The summed E-state index contributed by atoms with van der Waals surface area (Å²) in [6.45, 7) is 7.97. The van der Waals surface area contributed by atoms with Crippen molar-refractivity contribution in [3.63, 3.8) is 0 Å². The number of methoxy groups -OCH3 is 1. The van der Waals surface area contributed by atoms with Crippen molar-refractivity contribution >= 4 is 5.91 Å². The Morgan fingerprint density at radius 3 is 2.42 bits per heavy atom. The lowest BCUT2D eigenvalue weighted by Gasteiger charge is -2.31. The number of carbonyl (C=O) groups is 1. The lowest BCUT2D eigenvalue weighted by Crippen LogP contribution is -2.38. The number of rotatable bonds is 2. The van der Waals surface area contributed by atoms with E-state index in [2.05, 4.69) is 6.92 Å². The maximum absolute atomic E-state index is 12.6. The molecule has 1 fully saturated rings. The maximum atomic E-state index is 12.6. The zero-order valence-electron chi connectivity index (χ0n) is 12.3. The number of ether oxygens (including phenoxy) is 1. The molecule has 0 saturated carbocycles. The second-order valence-corrected chi connectivity index (χ2v) is 5.61. The van der Waals surface area contributed by atoms with E-state index in [0.717, 1.165) is 54.3 Å². The molecule has 3 nitrogen and oxygen atoms in total. The van der Waals surface area contributed by atoms with Crippen molar-refractivity contribution in [2.45, 2.75) is 33.6 Å². The normalized spacial score (nSPS) is 16.5. The van der Waals surface area contributed by atoms with E-state index in [0.29, 0.717) is 0 Å². The van der Waals surface area contributed by atoms with Crippen molar-refractivity contribution in [2.24, 2.45) is 5.92 Å². The van der Waals surface area contributed by atoms with Crippen LogP contribution in [0, 0.1) is 19.8 Å². The van der Waals surface area contributed by atoms with E-state index in [4.69, 9.17) is 4.74 Å². The van der Waals surface area contributed by atoms with Gasteiger partial charge < -0.3 is 9.64 Å². The fraction of sp³-hybridized carbons (Fsp3) is 0.562. The molecule has 2 rings (SSSR count). The van der Waals surface area contributed by atoms with Crippen LogP contribution in [-0.2, 0) is 0 Å². The van der Waals surface area contributed by atoms with Crippen LogP contribution < -0.4 is 4.74 Å². The average Bonchev–Trinajstić information content (AvgIpc) is 2.41. The predicted molar refractivity (Wildman–Crippen MR) is 76.8 cm³/mol. The van der Waals surface area contributed by atoms with Crippen LogP contribution in [0.15, 0.2) is 12.1 Å². The lowest BCUT2D eigenvalue weighted by molar-refractivity contribution is 0.0696. The van der Waals surface area contributed by atoms with Gasteiger partial charge in [-0.2, -0.15) is 0 Å². The molecule has 0 atom stereocenters. The largest absolute Gasteiger partial charge is 0.496 e. The summed E-state index contributed by atoms with van der Waals surface area (Å²) in [5.74, 6) is 1.75. The number of hydrogen-bond acceptors (Lipinski definition) is 2. The van der Waals surface area contributed by atoms with Gasteiger partial charge in [-0.1, -0.05) is 6.92 Å². The Balaban J connectivity index is 2.22. The summed E-state index contributed by atoms with van der Waals surface area (Å²) in [4.78, 5) is 14.5. The first kappa shape index (κ1) is 13.9. The van der Waals surface area contributed by atoms with Gasteiger partial charge in [0.25, 0.3) is 5.91 Å². The summed E-state index contributed by atoms with van der Waals surface area (Å²) in [6.07, 6.45) is 2.22. The number of nitrogens with zero attached hydrogens (tertiary/aromatic N) is 1. The Morgan fingerprint density at radius 2 is 1.84 bits per heavy atom. The highest BCUT2D eigenvalue weighted by Gasteiger charge is 2.23. The highest BCUT2D eigenvalue weighted by molar-refractivity contribution is 5.96. The van der Waals surface area contributed by atoms with Crippen LogP contribution in [-0.4, -0.2) is 31.0 Å². The Hall–Kier alpha value is -1.51. The molecule has 104 valence electrons. The second kappa shape index (κ2) is 5.64. The fourth-order valence-electron chi connectivity index (χ4n) is 2.62. The molecule has 0 bridgehead atoms. The van der Waals surface area contributed by atoms with E-state index < -0.39 is 0 Å². The second-order valence-electron chi connectivity index (χ2n) is 5.61. The molecule has 19 heavy (non-hydrogen) atoms. The first-order valence-corrected chi connectivity index (χ1v) is 6.97. The molecule has 1 aliphatic rings. The molecule has 0 N–H and O–H groups in total.